The summed E-state index contributed by atoms with van der Waals surface area (Å²) in [5.74, 6) is -2.74. The number of thioether (sulfide) groups is 1. The van der Waals surface area contributed by atoms with Crippen molar-refractivity contribution in [1.82, 2.24) is 0 Å². The number of hydrogen-bond donors (Lipinski definition) is 3. The van der Waals surface area contributed by atoms with Crippen LogP contribution in [0.2, 0.25) is 0 Å². The van der Waals surface area contributed by atoms with Gasteiger partial charge in [0.1, 0.15) is 0 Å². The fourth-order valence-corrected chi connectivity index (χ4v) is 0.843. The summed E-state index contributed by atoms with van der Waals surface area (Å²) in [6.07, 6.45) is 1.61. The van der Waals surface area contributed by atoms with E-state index in [0.29, 0.717) is 0 Å². The first kappa shape index (κ1) is 10.4. The molecule has 0 aromatic carbocycles. The molecule has 6 heteroatoms. The largest absolute Gasteiger partial charge is 0.478 e. The number of carboxylic acids is 1. The molecule has 0 spiro atoms. The number of ketones is 1. The molecule has 0 aromatic heterocycles. The lowest BCUT2D eigenvalue weighted by atomic mass is 10.1. The Hall–Kier alpha value is -0.590. The van der Waals surface area contributed by atoms with Gasteiger partial charge in [0, 0.05) is 0 Å². The van der Waals surface area contributed by atoms with Crippen LogP contribution in [0.15, 0.2) is 0 Å². The van der Waals surface area contributed by atoms with Gasteiger partial charge in [0.05, 0.1) is 5.75 Å². The molecule has 0 saturated carbocycles. The molecule has 1 unspecified atom stereocenters. The van der Waals surface area contributed by atoms with Crippen LogP contribution in [0.1, 0.15) is 0 Å². The van der Waals surface area contributed by atoms with Crippen LogP contribution in [0.4, 0.5) is 0 Å². The lowest BCUT2D eigenvalue weighted by Gasteiger charge is -2.14. The van der Waals surface area contributed by atoms with Crippen molar-refractivity contribution in [1.29, 1.82) is 0 Å². The summed E-state index contributed by atoms with van der Waals surface area (Å²) >= 11 is 1.10. The van der Waals surface area contributed by atoms with Crippen molar-refractivity contribution < 1.29 is 19.8 Å². The summed E-state index contributed by atoms with van der Waals surface area (Å²) in [7, 11) is 0. The van der Waals surface area contributed by atoms with Gasteiger partial charge < -0.3 is 10.2 Å². The van der Waals surface area contributed by atoms with Crippen molar-refractivity contribution in [2.24, 2.45) is 5.73 Å². The van der Waals surface area contributed by atoms with E-state index in [0.717, 1.165) is 11.8 Å². The van der Waals surface area contributed by atoms with E-state index in [9.17, 15) is 9.59 Å². The number of nitrogens with two attached hydrogens (primary N) is 1. The summed E-state index contributed by atoms with van der Waals surface area (Å²) < 4.78 is 0. The minimum absolute atomic E-state index is 0.112. The highest BCUT2D eigenvalue weighted by Gasteiger charge is 2.38. The maximum atomic E-state index is 10.7. The molecule has 11 heavy (non-hydrogen) atoms. The molecule has 0 heterocycles. The van der Waals surface area contributed by atoms with Gasteiger partial charge in [-0.3, -0.25) is 10.5 Å². The van der Waals surface area contributed by atoms with Gasteiger partial charge >= 0.3 is 5.97 Å². The summed E-state index contributed by atoms with van der Waals surface area (Å²) in [6.45, 7) is 0. The quantitative estimate of drug-likeness (QED) is 0.364. The third-order valence-electron chi connectivity index (χ3n) is 1.03. The van der Waals surface area contributed by atoms with Gasteiger partial charge in [-0.2, -0.15) is 11.8 Å². The smallest absolute Gasteiger partial charge is 0.359 e. The van der Waals surface area contributed by atoms with Crippen molar-refractivity contribution in [3.8, 4) is 0 Å². The first-order chi connectivity index (χ1) is 4.92. The molecule has 64 valence electrons. The maximum absolute atomic E-state index is 10.7. The Kier molecular flexibility index (Phi) is 3.50. The monoisotopic (exact) mass is 179 g/mol. The predicted octanol–water partition coefficient (Wildman–Crippen LogP) is -1.35. The Morgan fingerprint density at radius 1 is 1.64 bits per heavy atom. The number of Topliss-reactive ketones (excluding diaryl/α,β-unsaturated/α-hetero) is 1. The van der Waals surface area contributed by atoms with Crippen molar-refractivity contribution >= 4 is 23.5 Å². The molecule has 0 bridgehead atoms. The van der Waals surface area contributed by atoms with Gasteiger partial charge in [-0.15, -0.1) is 0 Å². The Bertz CT molecular complexity index is 179. The first-order valence-electron chi connectivity index (χ1n) is 2.69. The molecule has 0 aliphatic carbocycles. The first-order valence-corrected chi connectivity index (χ1v) is 4.09. The number of hydrogen-bond acceptors (Lipinski definition) is 5. The Morgan fingerprint density at radius 3 is 2.36 bits per heavy atom. The fourth-order valence-electron chi connectivity index (χ4n) is 0.360. The predicted molar refractivity (Wildman–Crippen MR) is 40.2 cm³/mol. The van der Waals surface area contributed by atoms with Gasteiger partial charge in [-0.1, -0.05) is 0 Å². The number of carboxylic acid groups (broad SMARTS) is 1. The van der Waals surface area contributed by atoms with Gasteiger partial charge in [-0.25, -0.2) is 4.79 Å². The van der Waals surface area contributed by atoms with E-state index in [4.69, 9.17) is 15.9 Å². The highest BCUT2D eigenvalue weighted by atomic mass is 32.2. The van der Waals surface area contributed by atoms with Crippen molar-refractivity contribution in [2.75, 3.05) is 12.0 Å². The van der Waals surface area contributed by atoms with Crippen molar-refractivity contribution in [3.05, 3.63) is 0 Å². The van der Waals surface area contributed by atoms with E-state index in [1.165, 1.54) is 0 Å². The molecule has 0 aliphatic heterocycles. The average molecular weight is 179 g/mol. The minimum atomic E-state index is -2.73. The Balaban J connectivity index is 4.30. The number of rotatable bonds is 4. The summed E-state index contributed by atoms with van der Waals surface area (Å²) in [5, 5.41) is 17.0. The zero-order chi connectivity index (χ0) is 9.07. The second-order valence-electron chi connectivity index (χ2n) is 1.93. The maximum Gasteiger partial charge on any atom is 0.359 e. The van der Waals surface area contributed by atoms with Crippen molar-refractivity contribution in [2.45, 2.75) is 5.72 Å². The molecule has 1 atom stereocenters. The Morgan fingerprint density at radius 2 is 2.09 bits per heavy atom. The van der Waals surface area contributed by atoms with E-state index >= 15 is 0 Å². The van der Waals surface area contributed by atoms with Crippen molar-refractivity contribution in [3.63, 3.8) is 0 Å². The lowest BCUT2D eigenvalue weighted by Crippen LogP contribution is -2.55. The molecule has 0 radical (unpaired) electrons. The third kappa shape index (κ3) is 2.49. The SMILES string of the molecule is CSCC(=O)C(N)(O)C(=O)O. The molecule has 5 nitrogen and oxygen atoms in total. The second kappa shape index (κ2) is 3.70. The molecule has 0 saturated heterocycles. The third-order valence-corrected chi connectivity index (χ3v) is 1.58. The number of carbonyl (C=O) groups excluding carboxylic acids is 1. The highest BCUT2D eigenvalue weighted by Crippen LogP contribution is 2.02. The topological polar surface area (TPSA) is 101 Å². The number of aliphatic carboxylic acids is 1. The van der Waals surface area contributed by atoms with Crippen LogP contribution < -0.4 is 5.73 Å². The summed E-state index contributed by atoms with van der Waals surface area (Å²) in [4.78, 5) is 20.9. The molecule has 0 aromatic rings. The van der Waals surface area contributed by atoms with Gasteiger partial charge in [0.2, 0.25) is 5.78 Å². The fraction of sp³-hybridized carbons (Fsp3) is 0.600. The summed E-state index contributed by atoms with van der Waals surface area (Å²) in [6, 6.07) is 0. The molecule has 0 rings (SSSR count). The lowest BCUT2D eigenvalue weighted by molar-refractivity contribution is -0.163. The second-order valence-corrected chi connectivity index (χ2v) is 2.79. The molecule has 0 fully saturated rings. The highest BCUT2D eigenvalue weighted by molar-refractivity contribution is 7.99. The van der Waals surface area contributed by atoms with Crippen LogP contribution in [-0.2, 0) is 9.59 Å². The number of aliphatic hydroxyl groups is 1. The van der Waals surface area contributed by atoms with Crippen LogP contribution in [0.3, 0.4) is 0 Å². The Labute approximate surface area is 67.6 Å². The molecule has 0 aliphatic rings. The van der Waals surface area contributed by atoms with E-state index in [-0.39, 0.29) is 5.75 Å². The van der Waals surface area contributed by atoms with E-state index < -0.39 is 17.5 Å². The normalized spacial score (nSPS) is 15.5. The molecule has 0 amide bonds. The molecule has 4 N–H and O–H groups in total. The van der Waals surface area contributed by atoms with Gasteiger partial charge in [-0.05, 0) is 6.26 Å². The van der Waals surface area contributed by atoms with Gasteiger partial charge in [0.15, 0.2) is 0 Å². The molecular formula is C5H9NO4S. The van der Waals surface area contributed by atoms with Crippen LogP contribution in [-0.4, -0.2) is 39.7 Å². The van der Waals surface area contributed by atoms with Crippen LogP contribution in [0.25, 0.3) is 0 Å². The molecular weight excluding hydrogens is 170 g/mol. The van der Waals surface area contributed by atoms with Gasteiger partial charge in [0.25, 0.3) is 5.72 Å². The van der Waals surface area contributed by atoms with Crippen LogP contribution in [0, 0.1) is 0 Å². The zero-order valence-electron chi connectivity index (χ0n) is 5.90. The summed E-state index contributed by atoms with van der Waals surface area (Å²) in [5.41, 5.74) is 2.05. The average Bonchev–Trinajstić information content (AvgIpc) is 1.88. The number of carbonyl (C=O) groups is 2. The van der Waals surface area contributed by atoms with Crippen LogP contribution in [0.5, 0.6) is 0 Å². The van der Waals surface area contributed by atoms with E-state index in [1.54, 1.807) is 6.26 Å². The standard InChI is InChI=1S/C5H9NO4S/c1-11-2-3(7)5(6,10)4(8)9/h10H,2,6H2,1H3,(H,8,9). The van der Waals surface area contributed by atoms with Crippen LogP contribution >= 0.6 is 11.8 Å². The minimum Gasteiger partial charge on any atom is -0.478 e. The zero-order valence-corrected chi connectivity index (χ0v) is 6.72. The van der Waals surface area contributed by atoms with E-state index in [2.05, 4.69) is 0 Å². The van der Waals surface area contributed by atoms with E-state index in [1.807, 2.05) is 0 Å².